The third kappa shape index (κ3) is 5.46. The zero-order valence-electron chi connectivity index (χ0n) is 20.8. The van der Waals surface area contributed by atoms with Crippen LogP contribution in [0.25, 0.3) is 10.9 Å². The zero-order chi connectivity index (χ0) is 25.1. The highest BCUT2D eigenvalue weighted by atomic mass is 32.2. The Balaban J connectivity index is 1.30. The Morgan fingerprint density at radius 3 is 2.44 bits per heavy atom. The number of para-hydroxylation sites is 1. The van der Waals surface area contributed by atoms with E-state index < -0.39 is 10.0 Å². The first-order valence-electron chi connectivity index (χ1n) is 12.5. The van der Waals surface area contributed by atoms with Gasteiger partial charge in [0.2, 0.25) is 16.0 Å². The predicted octanol–water partition coefficient (Wildman–Crippen LogP) is 3.65. The van der Waals surface area contributed by atoms with E-state index in [9.17, 15) is 8.42 Å². The molecule has 0 radical (unpaired) electrons. The lowest BCUT2D eigenvalue weighted by molar-refractivity contribution is 0.0730. The molecule has 2 aromatic carbocycles. The van der Waals surface area contributed by atoms with Crippen molar-refractivity contribution in [3.8, 4) is 5.75 Å². The molecule has 0 unspecified atom stereocenters. The highest BCUT2D eigenvalue weighted by Gasteiger charge is 2.26. The van der Waals surface area contributed by atoms with Crippen molar-refractivity contribution >= 4 is 32.6 Å². The largest absolute Gasteiger partial charge is 0.488 e. The minimum atomic E-state index is -3.53. The van der Waals surface area contributed by atoms with Gasteiger partial charge in [-0.25, -0.2) is 18.4 Å². The molecule has 36 heavy (non-hydrogen) atoms. The maximum absolute atomic E-state index is 12.9. The summed E-state index contributed by atoms with van der Waals surface area (Å²) in [5.41, 5.74) is 1.46. The summed E-state index contributed by atoms with van der Waals surface area (Å²) in [7, 11) is -3.53. The molecule has 10 heteroatoms. The molecule has 2 aliphatic heterocycles. The first kappa shape index (κ1) is 24.9. The summed E-state index contributed by atoms with van der Waals surface area (Å²) in [6.45, 7) is 8.10. The van der Waals surface area contributed by atoms with E-state index in [1.165, 1.54) is 4.31 Å². The van der Waals surface area contributed by atoms with Gasteiger partial charge in [0.05, 0.1) is 18.1 Å². The van der Waals surface area contributed by atoms with Crippen molar-refractivity contribution in [2.24, 2.45) is 0 Å². The third-order valence-corrected chi connectivity index (χ3v) is 8.71. The van der Waals surface area contributed by atoms with E-state index in [0.29, 0.717) is 44.0 Å². The van der Waals surface area contributed by atoms with Gasteiger partial charge in [0.25, 0.3) is 0 Å². The third-order valence-electron chi connectivity index (χ3n) is 6.79. The number of likely N-dealkylation sites (tertiary alicyclic amines) is 1. The van der Waals surface area contributed by atoms with Gasteiger partial charge in [-0.05, 0) is 57.0 Å². The minimum absolute atomic E-state index is 0.165. The summed E-state index contributed by atoms with van der Waals surface area (Å²) in [4.78, 5) is 11.9. The Morgan fingerprint density at radius 1 is 1.03 bits per heavy atom. The molecule has 9 nitrogen and oxygen atoms in total. The quantitative estimate of drug-likeness (QED) is 0.514. The second-order valence-electron chi connectivity index (χ2n) is 9.50. The zero-order valence-corrected chi connectivity index (χ0v) is 21.6. The van der Waals surface area contributed by atoms with Crippen molar-refractivity contribution in [1.82, 2.24) is 19.2 Å². The van der Waals surface area contributed by atoms with Crippen LogP contribution >= 0.6 is 0 Å². The van der Waals surface area contributed by atoms with Crippen LogP contribution in [0.3, 0.4) is 0 Å². The number of fused-ring (bicyclic) bond motifs is 1. The van der Waals surface area contributed by atoms with E-state index in [0.717, 1.165) is 42.6 Å². The van der Waals surface area contributed by atoms with Crippen molar-refractivity contribution in [2.45, 2.75) is 43.7 Å². The van der Waals surface area contributed by atoms with Gasteiger partial charge in [0.1, 0.15) is 17.4 Å². The first-order chi connectivity index (χ1) is 17.4. The molecule has 5 rings (SSSR count). The molecular formula is C26H33N5O4S. The minimum Gasteiger partial charge on any atom is -0.488 e. The standard InChI is InChI=1S/C26H33N5O4S/c1-19(2)30-12-10-22(11-13-30)35-24-5-3-4-20-18-27-26(29-25(20)24)28-21-6-8-23(9-7-21)36(32,33)31-14-16-34-17-15-31/h3-9,18-19,22H,10-17H2,1-2H3,(H,27,28,29). The van der Waals surface area contributed by atoms with E-state index in [4.69, 9.17) is 14.5 Å². The smallest absolute Gasteiger partial charge is 0.243 e. The second-order valence-corrected chi connectivity index (χ2v) is 11.4. The molecule has 0 aliphatic carbocycles. The van der Waals surface area contributed by atoms with Gasteiger partial charge in [0.15, 0.2) is 0 Å². The van der Waals surface area contributed by atoms with Crippen LogP contribution in [-0.2, 0) is 14.8 Å². The molecule has 3 heterocycles. The lowest BCUT2D eigenvalue weighted by Crippen LogP contribution is -2.41. The lowest BCUT2D eigenvalue weighted by Gasteiger charge is -2.34. The number of hydrogen-bond donors (Lipinski definition) is 1. The highest BCUT2D eigenvalue weighted by Crippen LogP contribution is 2.28. The number of nitrogens with one attached hydrogen (secondary N) is 1. The van der Waals surface area contributed by atoms with Gasteiger partial charge in [-0.2, -0.15) is 4.31 Å². The van der Waals surface area contributed by atoms with Crippen LogP contribution in [0.2, 0.25) is 0 Å². The van der Waals surface area contributed by atoms with E-state index in [1.807, 2.05) is 18.2 Å². The summed E-state index contributed by atoms with van der Waals surface area (Å²) in [6.07, 6.45) is 3.92. The van der Waals surface area contributed by atoms with E-state index in [1.54, 1.807) is 30.5 Å². The Morgan fingerprint density at radius 2 is 1.75 bits per heavy atom. The second kappa shape index (κ2) is 10.7. The van der Waals surface area contributed by atoms with Crippen molar-refractivity contribution in [2.75, 3.05) is 44.7 Å². The number of hydrogen-bond acceptors (Lipinski definition) is 8. The lowest BCUT2D eigenvalue weighted by atomic mass is 10.1. The monoisotopic (exact) mass is 511 g/mol. The van der Waals surface area contributed by atoms with Gasteiger partial charge in [-0.3, -0.25) is 0 Å². The molecule has 1 aromatic heterocycles. The molecular weight excluding hydrogens is 478 g/mol. The Hall–Kier alpha value is -2.79. The molecule has 3 aromatic rings. The fourth-order valence-corrected chi connectivity index (χ4v) is 6.06. The summed E-state index contributed by atoms with van der Waals surface area (Å²) < 4.78 is 38.8. The number of piperidine rings is 1. The van der Waals surface area contributed by atoms with Crippen LogP contribution < -0.4 is 10.1 Å². The van der Waals surface area contributed by atoms with Crippen LogP contribution in [0, 0.1) is 0 Å². The van der Waals surface area contributed by atoms with Gasteiger partial charge >= 0.3 is 0 Å². The topological polar surface area (TPSA) is 96.9 Å². The number of ether oxygens (including phenoxy) is 2. The van der Waals surface area contributed by atoms with Crippen molar-refractivity contribution in [3.05, 3.63) is 48.7 Å². The number of rotatable bonds is 7. The number of sulfonamides is 1. The van der Waals surface area contributed by atoms with Crippen molar-refractivity contribution < 1.29 is 17.9 Å². The van der Waals surface area contributed by atoms with Crippen LogP contribution in [0.1, 0.15) is 26.7 Å². The number of aromatic nitrogens is 2. The molecule has 2 aliphatic rings. The molecule has 0 saturated carbocycles. The molecule has 2 saturated heterocycles. The van der Waals surface area contributed by atoms with Gasteiger partial charge in [-0.1, -0.05) is 12.1 Å². The normalized spacial score (nSPS) is 18.5. The average Bonchev–Trinajstić information content (AvgIpc) is 2.90. The first-order valence-corrected chi connectivity index (χ1v) is 14.0. The SMILES string of the molecule is CC(C)N1CCC(Oc2cccc3cnc(Nc4ccc(S(=O)(=O)N5CCOCC5)cc4)nc23)CC1. The molecule has 0 bridgehead atoms. The summed E-state index contributed by atoms with van der Waals surface area (Å²) in [5.74, 6) is 1.19. The summed E-state index contributed by atoms with van der Waals surface area (Å²) >= 11 is 0. The summed E-state index contributed by atoms with van der Waals surface area (Å²) in [5, 5.41) is 4.10. The summed E-state index contributed by atoms with van der Waals surface area (Å²) in [6, 6.07) is 13.1. The molecule has 2 fully saturated rings. The predicted molar refractivity (Wildman–Crippen MR) is 139 cm³/mol. The highest BCUT2D eigenvalue weighted by molar-refractivity contribution is 7.89. The van der Waals surface area contributed by atoms with E-state index in [2.05, 4.69) is 29.0 Å². The number of morpholine rings is 1. The number of benzene rings is 2. The van der Waals surface area contributed by atoms with Crippen LogP contribution in [0.4, 0.5) is 11.6 Å². The van der Waals surface area contributed by atoms with Gasteiger partial charge in [-0.15, -0.1) is 0 Å². The van der Waals surface area contributed by atoms with Crippen molar-refractivity contribution in [1.29, 1.82) is 0 Å². The van der Waals surface area contributed by atoms with E-state index >= 15 is 0 Å². The van der Waals surface area contributed by atoms with Crippen molar-refractivity contribution in [3.63, 3.8) is 0 Å². The number of anilines is 2. The Kier molecular flexibility index (Phi) is 7.38. The fraction of sp³-hybridized carbons (Fsp3) is 0.462. The van der Waals surface area contributed by atoms with Gasteiger partial charge in [0, 0.05) is 49.5 Å². The molecule has 0 spiro atoms. The molecule has 0 atom stereocenters. The number of nitrogens with zero attached hydrogens (tertiary/aromatic N) is 4. The van der Waals surface area contributed by atoms with Gasteiger partial charge < -0.3 is 19.7 Å². The maximum Gasteiger partial charge on any atom is 0.243 e. The van der Waals surface area contributed by atoms with E-state index in [-0.39, 0.29) is 11.0 Å². The van der Waals surface area contributed by atoms with Crippen LogP contribution in [0.15, 0.2) is 53.6 Å². The molecule has 1 N–H and O–H groups in total. The fourth-order valence-electron chi connectivity index (χ4n) is 4.65. The Bertz CT molecular complexity index is 1290. The maximum atomic E-state index is 12.9. The van der Waals surface area contributed by atoms with Crippen LogP contribution in [0.5, 0.6) is 5.75 Å². The Labute approximate surface area is 212 Å². The molecule has 0 amide bonds. The van der Waals surface area contributed by atoms with Crippen LogP contribution in [-0.4, -0.2) is 79.1 Å². The average molecular weight is 512 g/mol. The molecule has 192 valence electrons.